The molecule has 15 heavy (non-hydrogen) atoms. The minimum atomic E-state index is -0.302. The molecule has 0 aliphatic heterocycles. The second-order valence-electron chi connectivity index (χ2n) is 4.69. The number of carbonyl (C=O) groups excluding carboxylic acids is 2. The molecule has 0 unspecified atom stereocenters. The van der Waals surface area contributed by atoms with Crippen molar-refractivity contribution in [3.63, 3.8) is 0 Å². The lowest BCUT2D eigenvalue weighted by Gasteiger charge is -2.33. The number of esters is 1. The summed E-state index contributed by atoms with van der Waals surface area (Å²) in [6, 6.07) is 0. The van der Waals surface area contributed by atoms with Gasteiger partial charge in [0.25, 0.3) is 0 Å². The first-order valence-corrected chi connectivity index (χ1v) is 5.21. The van der Waals surface area contributed by atoms with Crippen LogP contribution in [0, 0.1) is 5.41 Å². The minimum absolute atomic E-state index is 0.0343. The molecule has 0 spiro atoms. The van der Waals surface area contributed by atoms with E-state index in [9.17, 15) is 9.59 Å². The fraction of sp³-hybridized carbons (Fsp3) is 0.667. The van der Waals surface area contributed by atoms with Crippen LogP contribution in [0.15, 0.2) is 11.1 Å². The molecule has 1 aliphatic rings. The van der Waals surface area contributed by atoms with E-state index < -0.39 is 0 Å². The Balaban J connectivity index is 2.91. The Labute approximate surface area is 90.5 Å². The van der Waals surface area contributed by atoms with Crippen LogP contribution in [-0.2, 0) is 14.3 Å². The van der Waals surface area contributed by atoms with Crippen molar-refractivity contribution in [3.05, 3.63) is 11.1 Å². The van der Waals surface area contributed by atoms with E-state index in [0.717, 1.165) is 17.6 Å². The third kappa shape index (κ3) is 2.67. The molecule has 3 heteroatoms. The van der Waals surface area contributed by atoms with E-state index in [1.54, 1.807) is 0 Å². The van der Waals surface area contributed by atoms with Crippen molar-refractivity contribution in [1.29, 1.82) is 0 Å². The van der Waals surface area contributed by atoms with Gasteiger partial charge in [0.15, 0.2) is 5.78 Å². The summed E-state index contributed by atoms with van der Waals surface area (Å²) in [5.41, 5.74) is 1.70. The highest BCUT2D eigenvalue weighted by atomic mass is 16.5. The SMILES string of the molecule is CC(=O)OCC1=C(C)C(=O)CCC1(C)C. The topological polar surface area (TPSA) is 43.4 Å². The molecule has 0 heterocycles. The second kappa shape index (κ2) is 4.17. The minimum Gasteiger partial charge on any atom is -0.461 e. The van der Waals surface area contributed by atoms with Gasteiger partial charge in [0, 0.05) is 13.3 Å². The summed E-state index contributed by atoms with van der Waals surface area (Å²) < 4.78 is 4.99. The van der Waals surface area contributed by atoms with Crippen molar-refractivity contribution < 1.29 is 14.3 Å². The molecule has 0 radical (unpaired) electrons. The maximum absolute atomic E-state index is 11.5. The summed E-state index contributed by atoms with van der Waals surface area (Å²) in [5.74, 6) is -0.124. The fourth-order valence-electron chi connectivity index (χ4n) is 1.92. The van der Waals surface area contributed by atoms with Gasteiger partial charge in [-0.3, -0.25) is 9.59 Å². The highest BCUT2D eigenvalue weighted by molar-refractivity contribution is 5.96. The molecular weight excluding hydrogens is 192 g/mol. The molecule has 0 N–H and O–H groups in total. The largest absolute Gasteiger partial charge is 0.461 e. The van der Waals surface area contributed by atoms with E-state index in [0.29, 0.717) is 6.42 Å². The number of carbonyl (C=O) groups is 2. The van der Waals surface area contributed by atoms with Crippen molar-refractivity contribution in [1.82, 2.24) is 0 Å². The Hall–Kier alpha value is -1.12. The lowest BCUT2D eigenvalue weighted by molar-refractivity contribution is -0.140. The fourth-order valence-corrected chi connectivity index (χ4v) is 1.92. The maximum Gasteiger partial charge on any atom is 0.302 e. The molecule has 3 nitrogen and oxygen atoms in total. The highest BCUT2D eigenvalue weighted by Crippen LogP contribution is 2.38. The Morgan fingerprint density at radius 1 is 1.47 bits per heavy atom. The van der Waals surface area contributed by atoms with Crippen molar-refractivity contribution >= 4 is 11.8 Å². The molecule has 0 aromatic carbocycles. The zero-order chi connectivity index (χ0) is 11.6. The first-order valence-electron chi connectivity index (χ1n) is 5.21. The summed E-state index contributed by atoms with van der Waals surface area (Å²) in [4.78, 5) is 22.3. The maximum atomic E-state index is 11.5. The average Bonchev–Trinajstić information content (AvgIpc) is 2.11. The molecule has 0 atom stereocenters. The van der Waals surface area contributed by atoms with Crippen LogP contribution >= 0.6 is 0 Å². The third-order valence-electron chi connectivity index (χ3n) is 3.08. The number of hydrogen-bond donors (Lipinski definition) is 0. The van der Waals surface area contributed by atoms with Crippen molar-refractivity contribution in [2.75, 3.05) is 6.61 Å². The molecular formula is C12H18O3. The van der Waals surface area contributed by atoms with Crippen LogP contribution in [0.4, 0.5) is 0 Å². The third-order valence-corrected chi connectivity index (χ3v) is 3.08. The number of rotatable bonds is 2. The number of ether oxygens (including phenoxy) is 1. The van der Waals surface area contributed by atoms with Crippen LogP contribution in [-0.4, -0.2) is 18.4 Å². The van der Waals surface area contributed by atoms with E-state index in [-0.39, 0.29) is 23.8 Å². The molecule has 0 aromatic heterocycles. The molecule has 0 saturated heterocycles. The average molecular weight is 210 g/mol. The molecule has 84 valence electrons. The number of hydrogen-bond acceptors (Lipinski definition) is 3. The molecule has 0 fully saturated rings. The van der Waals surface area contributed by atoms with Crippen LogP contribution in [0.3, 0.4) is 0 Å². The smallest absolute Gasteiger partial charge is 0.302 e. The van der Waals surface area contributed by atoms with Gasteiger partial charge in [-0.15, -0.1) is 0 Å². The van der Waals surface area contributed by atoms with Crippen LogP contribution < -0.4 is 0 Å². The van der Waals surface area contributed by atoms with E-state index >= 15 is 0 Å². The molecule has 0 amide bonds. The van der Waals surface area contributed by atoms with Crippen LogP contribution in [0.5, 0.6) is 0 Å². The highest BCUT2D eigenvalue weighted by Gasteiger charge is 2.32. The van der Waals surface area contributed by atoms with Gasteiger partial charge in [-0.1, -0.05) is 13.8 Å². The first kappa shape index (κ1) is 12.0. The summed E-state index contributed by atoms with van der Waals surface area (Å²) in [5, 5.41) is 0. The van der Waals surface area contributed by atoms with Gasteiger partial charge in [0.05, 0.1) is 0 Å². The lowest BCUT2D eigenvalue weighted by Crippen LogP contribution is -2.28. The van der Waals surface area contributed by atoms with Gasteiger partial charge in [-0.05, 0) is 29.9 Å². The Morgan fingerprint density at radius 3 is 2.60 bits per heavy atom. The van der Waals surface area contributed by atoms with E-state index in [1.165, 1.54) is 6.92 Å². The van der Waals surface area contributed by atoms with E-state index in [1.807, 2.05) is 6.92 Å². The van der Waals surface area contributed by atoms with Gasteiger partial charge < -0.3 is 4.74 Å². The summed E-state index contributed by atoms with van der Waals surface area (Å²) in [6.45, 7) is 7.62. The zero-order valence-electron chi connectivity index (χ0n) is 9.85. The van der Waals surface area contributed by atoms with Gasteiger partial charge in [-0.25, -0.2) is 0 Å². The quantitative estimate of drug-likeness (QED) is 0.656. The molecule has 0 saturated carbocycles. The standard InChI is InChI=1S/C12H18O3/c1-8-10(7-15-9(2)13)12(3,4)6-5-11(8)14/h5-7H2,1-4H3. The van der Waals surface area contributed by atoms with Crippen LogP contribution in [0.1, 0.15) is 40.5 Å². The monoisotopic (exact) mass is 210 g/mol. The number of ketones is 1. The Morgan fingerprint density at radius 2 is 2.07 bits per heavy atom. The lowest BCUT2D eigenvalue weighted by atomic mass is 9.72. The molecule has 1 aliphatic carbocycles. The normalized spacial score (nSPS) is 20.4. The summed E-state index contributed by atoms with van der Waals surface area (Å²) >= 11 is 0. The predicted molar refractivity (Wildman–Crippen MR) is 57.4 cm³/mol. The Bertz CT molecular complexity index is 324. The Kier molecular flexibility index (Phi) is 3.32. The first-order chi connectivity index (χ1) is 6.84. The van der Waals surface area contributed by atoms with Crippen molar-refractivity contribution in [2.45, 2.75) is 40.5 Å². The summed E-state index contributed by atoms with van der Waals surface area (Å²) in [7, 11) is 0. The molecule has 0 bridgehead atoms. The second-order valence-corrected chi connectivity index (χ2v) is 4.69. The van der Waals surface area contributed by atoms with Crippen molar-refractivity contribution in [2.24, 2.45) is 5.41 Å². The number of Topliss-reactive ketones (excluding diaryl/α,β-unsaturated/α-hetero) is 1. The van der Waals surface area contributed by atoms with E-state index in [2.05, 4.69) is 13.8 Å². The van der Waals surface area contributed by atoms with Crippen molar-refractivity contribution in [3.8, 4) is 0 Å². The molecule has 0 aromatic rings. The van der Waals surface area contributed by atoms with Gasteiger partial charge in [-0.2, -0.15) is 0 Å². The van der Waals surface area contributed by atoms with Crippen LogP contribution in [0.2, 0.25) is 0 Å². The zero-order valence-corrected chi connectivity index (χ0v) is 9.85. The summed E-state index contributed by atoms with van der Waals surface area (Å²) in [6.07, 6.45) is 1.43. The van der Waals surface area contributed by atoms with Crippen LogP contribution in [0.25, 0.3) is 0 Å². The molecule has 1 rings (SSSR count). The number of allylic oxidation sites excluding steroid dienone is 1. The van der Waals surface area contributed by atoms with Gasteiger partial charge >= 0.3 is 5.97 Å². The van der Waals surface area contributed by atoms with Gasteiger partial charge in [0.1, 0.15) is 6.61 Å². The predicted octanol–water partition coefficient (Wildman–Crippen LogP) is 2.26. The van der Waals surface area contributed by atoms with E-state index in [4.69, 9.17) is 4.74 Å². The van der Waals surface area contributed by atoms with Gasteiger partial charge in [0.2, 0.25) is 0 Å².